The third kappa shape index (κ3) is 5.00. The summed E-state index contributed by atoms with van der Waals surface area (Å²) >= 11 is 1.31. The normalized spacial score (nSPS) is 17.5. The van der Waals surface area contributed by atoms with Crippen LogP contribution in [0.25, 0.3) is 0 Å². The van der Waals surface area contributed by atoms with Gasteiger partial charge in [-0.1, -0.05) is 23.9 Å². The molecule has 0 unspecified atom stereocenters. The standard InChI is InChI=1S/C19H25N3O3S/c23-17(8-11-22-12-13-26-19(22)25)20-14-15-4-6-16(7-5-15)18(24)21-9-2-1-3-10-21/h4-7H,1-3,8-14H2,(H,20,23). The summed E-state index contributed by atoms with van der Waals surface area (Å²) in [6.45, 7) is 3.31. The SMILES string of the molecule is O=C(CCN1CCSC1=O)NCc1ccc(C(=O)N2CCCCC2)cc1. The molecule has 6 nitrogen and oxygen atoms in total. The monoisotopic (exact) mass is 375 g/mol. The first kappa shape index (κ1) is 18.8. The number of piperidine rings is 1. The van der Waals surface area contributed by atoms with Crippen LogP contribution in [0.5, 0.6) is 0 Å². The van der Waals surface area contributed by atoms with E-state index in [1.807, 2.05) is 29.2 Å². The Morgan fingerprint density at radius 2 is 1.77 bits per heavy atom. The molecule has 2 aliphatic rings. The van der Waals surface area contributed by atoms with E-state index in [1.54, 1.807) is 4.90 Å². The topological polar surface area (TPSA) is 69.7 Å². The zero-order valence-corrected chi connectivity index (χ0v) is 15.7. The summed E-state index contributed by atoms with van der Waals surface area (Å²) in [7, 11) is 0. The van der Waals surface area contributed by atoms with Crippen molar-refractivity contribution in [2.45, 2.75) is 32.2 Å². The molecule has 0 aliphatic carbocycles. The minimum atomic E-state index is -0.0665. The summed E-state index contributed by atoms with van der Waals surface area (Å²) in [5.41, 5.74) is 1.66. The van der Waals surface area contributed by atoms with Gasteiger partial charge in [0.25, 0.3) is 11.1 Å². The van der Waals surface area contributed by atoms with Gasteiger partial charge in [0, 0.05) is 50.5 Å². The van der Waals surface area contributed by atoms with Crippen molar-refractivity contribution in [2.24, 2.45) is 0 Å². The third-order valence-electron chi connectivity index (χ3n) is 4.79. The molecule has 0 atom stereocenters. The van der Waals surface area contributed by atoms with Gasteiger partial charge in [-0.2, -0.15) is 0 Å². The molecule has 0 bridgehead atoms. The van der Waals surface area contributed by atoms with E-state index in [9.17, 15) is 14.4 Å². The summed E-state index contributed by atoms with van der Waals surface area (Å²) in [4.78, 5) is 39.5. The molecule has 1 aromatic rings. The average molecular weight is 375 g/mol. The Morgan fingerprint density at radius 3 is 2.42 bits per heavy atom. The fourth-order valence-electron chi connectivity index (χ4n) is 3.20. The van der Waals surface area contributed by atoms with E-state index in [-0.39, 0.29) is 17.1 Å². The van der Waals surface area contributed by atoms with Crippen molar-refractivity contribution >= 4 is 28.8 Å². The maximum Gasteiger partial charge on any atom is 0.281 e. The van der Waals surface area contributed by atoms with E-state index in [2.05, 4.69) is 5.32 Å². The second kappa shape index (κ2) is 9.07. The number of carbonyl (C=O) groups excluding carboxylic acids is 3. The highest BCUT2D eigenvalue weighted by molar-refractivity contribution is 8.13. The van der Waals surface area contributed by atoms with Crippen molar-refractivity contribution in [2.75, 3.05) is 31.9 Å². The number of rotatable bonds is 6. The number of hydrogen-bond acceptors (Lipinski definition) is 4. The maximum atomic E-state index is 12.4. The molecule has 3 rings (SSSR count). The molecule has 1 N–H and O–H groups in total. The molecule has 1 aromatic carbocycles. The molecule has 26 heavy (non-hydrogen) atoms. The lowest BCUT2D eigenvalue weighted by atomic mass is 10.1. The Balaban J connectivity index is 1.42. The van der Waals surface area contributed by atoms with Crippen molar-refractivity contribution in [3.8, 4) is 0 Å². The molecule has 2 heterocycles. The molecule has 0 aromatic heterocycles. The van der Waals surface area contributed by atoms with Crippen molar-refractivity contribution in [1.29, 1.82) is 0 Å². The van der Waals surface area contributed by atoms with Crippen LogP contribution < -0.4 is 5.32 Å². The number of carbonyl (C=O) groups is 3. The van der Waals surface area contributed by atoms with Crippen molar-refractivity contribution in [1.82, 2.24) is 15.1 Å². The quantitative estimate of drug-likeness (QED) is 0.829. The predicted octanol–water partition coefficient (Wildman–Crippen LogP) is 2.49. The molecule has 140 valence electrons. The van der Waals surface area contributed by atoms with Crippen LogP contribution in [0.15, 0.2) is 24.3 Å². The van der Waals surface area contributed by atoms with Gasteiger partial charge in [-0.3, -0.25) is 14.4 Å². The van der Waals surface area contributed by atoms with E-state index in [4.69, 9.17) is 0 Å². The Bertz CT molecular complexity index is 656. The Labute approximate surface area is 158 Å². The minimum absolute atomic E-state index is 0.0618. The second-order valence-electron chi connectivity index (χ2n) is 6.68. The molecule has 3 amide bonds. The van der Waals surface area contributed by atoms with Gasteiger partial charge in [-0.25, -0.2) is 0 Å². The molecule has 0 spiro atoms. The van der Waals surface area contributed by atoms with Crippen LogP contribution >= 0.6 is 11.8 Å². The van der Waals surface area contributed by atoms with Gasteiger partial charge < -0.3 is 15.1 Å². The smallest absolute Gasteiger partial charge is 0.281 e. The number of likely N-dealkylation sites (tertiary alicyclic amines) is 1. The molecule has 0 saturated carbocycles. The van der Waals surface area contributed by atoms with Gasteiger partial charge in [-0.05, 0) is 37.0 Å². The van der Waals surface area contributed by atoms with Crippen LogP contribution in [0, 0.1) is 0 Å². The van der Waals surface area contributed by atoms with Crippen LogP contribution in [0.1, 0.15) is 41.6 Å². The second-order valence-corrected chi connectivity index (χ2v) is 7.72. The zero-order chi connectivity index (χ0) is 18.4. The molecular formula is C19H25N3O3S. The Morgan fingerprint density at radius 1 is 1.04 bits per heavy atom. The summed E-state index contributed by atoms with van der Waals surface area (Å²) in [6, 6.07) is 7.44. The van der Waals surface area contributed by atoms with Gasteiger partial charge >= 0.3 is 0 Å². The Kier molecular flexibility index (Phi) is 6.55. The lowest BCUT2D eigenvalue weighted by Crippen LogP contribution is -2.35. The highest BCUT2D eigenvalue weighted by atomic mass is 32.2. The van der Waals surface area contributed by atoms with Crippen LogP contribution in [0.4, 0.5) is 4.79 Å². The van der Waals surface area contributed by atoms with Gasteiger partial charge in [0.1, 0.15) is 0 Å². The number of hydrogen-bond donors (Lipinski definition) is 1. The molecule has 7 heteroatoms. The van der Waals surface area contributed by atoms with Crippen LogP contribution in [0.2, 0.25) is 0 Å². The lowest BCUT2D eigenvalue weighted by Gasteiger charge is -2.26. The fraction of sp³-hybridized carbons (Fsp3) is 0.526. The van der Waals surface area contributed by atoms with Gasteiger partial charge in [0.15, 0.2) is 0 Å². The fourth-order valence-corrected chi connectivity index (χ4v) is 4.05. The maximum absolute atomic E-state index is 12.4. The highest BCUT2D eigenvalue weighted by Crippen LogP contribution is 2.17. The van der Waals surface area contributed by atoms with E-state index in [0.717, 1.165) is 43.8 Å². The van der Waals surface area contributed by atoms with Crippen molar-refractivity contribution in [3.63, 3.8) is 0 Å². The highest BCUT2D eigenvalue weighted by Gasteiger charge is 2.21. The molecular weight excluding hydrogens is 350 g/mol. The molecule has 2 aliphatic heterocycles. The predicted molar refractivity (Wildman–Crippen MR) is 102 cm³/mol. The molecule has 2 saturated heterocycles. The summed E-state index contributed by atoms with van der Waals surface area (Å²) in [6.07, 6.45) is 3.68. The van der Waals surface area contributed by atoms with E-state index >= 15 is 0 Å². The first-order valence-electron chi connectivity index (χ1n) is 9.20. The summed E-state index contributed by atoms with van der Waals surface area (Å²) in [5.74, 6) is 0.833. The minimum Gasteiger partial charge on any atom is -0.352 e. The van der Waals surface area contributed by atoms with Crippen LogP contribution in [0.3, 0.4) is 0 Å². The third-order valence-corrected chi connectivity index (χ3v) is 5.68. The average Bonchev–Trinajstić information content (AvgIpc) is 3.10. The first-order chi connectivity index (χ1) is 12.6. The zero-order valence-electron chi connectivity index (χ0n) is 14.9. The van der Waals surface area contributed by atoms with E-state index in [1.165, 1.54) is 18.2 Å². The number of amides is 3. The van der Waals surface area contributed by atoms with E-state index < -0.39 is 0 Å². The van der Waals surface area contributed by atoms with Crippen LogP contribution in [-0.4, -0.2) is 58.8 Å². The van der Waals surface area contributed by atoms with Gasteiger partial charge in [-0.15, -0.1) is 0 Å². The number of benzene rings is 1. The van der Waals surface area contributed by atoms with E-state index in [0.29, 0.717) is 25.1 Å². The number of nitrogens with zero attached hydrogens (tertiary/aromatic N) is 2. The molecule has 0 radical (unpaired) electrons. The summed E-state index contributed by atoms with van der Waals surface area (Å²) < 4.78 is 0. The molecule has 2 fully saturated rings. The number of thioether (sulfide) groups is 1. The lowest BCUT2D eigenvalue weighted by molar-refractivity contribution is -0.121. The van der Waals surface area contributed by atoms with Crippen molar-refractivity contribution in [3.05, 3.63) is 35.4 Å². The number of nitrogens with one attached hydrogen (secondary N) is 1. The summed E-state index contributed by atoms with van der Waals surface area (Å²) in [5, 5.41) is 2.93. The first-order valence-corrected chi connectivity index (χ1v) is 10.2. The van der Waals surface area contributed by atoms with Crippen molar-refractivity contribution < 1.29 is 14.4 Å². The Hall–Kier alpha value is -2.02. The van der Waals surface area contributed by atoms with Gasteiger partial charge in [0.2, 0.25) is 5.91 Å². The van der Waals surface area contributed by atoms with Crippen LogP contribution in [-0.2, 0) is 11.3 Å². The van der Waals surface area contributed by atoms with Gasteiger partial charge in [0.05, 0.1) is 0 Å². The largest absolute Gasteiger partial charge is 0.352 e.